The lowest BCUT2D eigenvalue weighted by atomic mass is 9.99. The molecule has 26 heavy (non-hydrogen) atoms. The van der Waals surface area contributed by atoms with Crippen LogP contribution in [0.3, 0.4) is 0 Å². The molecule has 142 valence electrons. The van der Waals surface area contributed by atoms with Crippen molar-refractivity contribution in [1.29, 1.82) is 0 Å². The normalized spacial score (nSPS) is 23.6. The SMILES string of the molecule is Cc1nc(C(=O)N2CCC(C)CC2)cc(N2CCC3(CC2)OCCO3)n1. The molecule has 1 aromatic rings. The van der Waals surface area contributed by atoms with Crippen molar-refractivity contribution < 1.29 is 14.3 Å². The zero-order valence-electron chi connectivity index (χ0n) is 15.7. The quantitative estimate of drug-likeness (QED) is 0.804. The van der Waals surface area contributed by atoms with Crippen LogP contribution in [-0.4, -0.2) is 66.0 Å². The summed E-state index contributed by atoms with van der Waals surface area (Å²) in [6, 6.07) is 1.85. The van der Waals surface area contributed by atoms with Crippen LogP contribution in [0.1, 0.15) is 48.9 Å². The third-order valence-electron chi connectivity index (χ3n) is 5.78. The van der Waals surface area contributed by atoms with Crippen LogP contribution in [0.25, 0.3) is 0 Å². The molecule has 0 atom stereocenters. The maximum atomic E-state index is 12.9. The van der Waals surface area contributed by atoms with Gasteiger partial charge in [0.15, 0.2) is 5.79 Å². The first-order chi connectivity index (χ1) is 12.5. The third-order valence-corrected chi connectivity index (χ3v) is 5.78. The number of ether oxygens (including phenoxy) is 2. The van der Waals surface area contributed by atoms with Gasteiger partial charge in [-0.2, -0.15) is 0 Å². The Morgan fingerprint density at radius 3 is 2.42 bits per heavy atom. The summed E-state index contributed by atoms with van der Waals surface area (Å²) in [4.78, 5) is 26.0. The minimum Gasteiger partial charge on any atom is -0.356 e. The summed E-state index contributed by atoms with van der Waals surface area (Å²) in [5, 5.41) is 0. The highest BCUT2D eigenvalue weighted by molar-refractivity contribution is 5.93. The van der Waals surface area contributed by atoms with E-state index < -0.39 is 5.79 Å². The predicted octanol–water partition coefficient (Wildman–Crippen LogP) is 2.00. The van der Waals surface area contributed by atoms with Gasteiger partial charge in [0, 0.05) is 45.1 Å². The highest BCUT2D eigenvalue weighted by Gasteiger charge is 2.40. The van der Waals surface area contributed by atoms with E-state index in [2.05, 4.69) is 21.8 Å². The fourth-order valence-corrected chi connectivity index (χ4v) is 4.06. The van der Waals surface area contributed by atoms with Crippen LogP contribution in [0.2, 0.25) is 0 Å². The molecule has 3 aliphatic rings. The third kappa shape index (κ3) is 3.55. The molecule has 7 heteroatoms. The lowest BCUT2D eigenvalue weighted by molar-refractivity contribution is -0.169. The minimum atomic E-state index is -0.401. The highest BCUT2D eigenvalue weighted by atomic mass is 16.7. The van der Waals surface area contributed by atoms with Gasteiger partial charge in [0.1, 0.15) is 17.3 Å². The number of carbonyl (C=O) groups is 1. The number of hydrogen-bond donors (Lipinski definition) is 0. The number of nitrogens with zero attached hydrogens (tertiary/aromatic N) is 4. The second-order valence-corrected chi connectivity index (χ2v) is 7.73. The summed E-state index contributed by atoms with van der Waals surface area (Å²) in [6.07, 6.45) is 3.78. The highest BCUT2D eigenvalue weighted by Crippen LogP contribution is 2.33. The molecule has 1 amide bonds. The van der Waals surface area contributed by atoms with Gasteiger partial charge in [-0.3, -0.25) is 4.79 Å². The molecule has 4 heterocycles. The predicted molar refractivity (Wildman–Crippen MR) is 97.2 cm³/mol. The van der Waals surface area contributed by atoms with E-state index in [0.717, 1.165) is 57.7 Å². The van der Waals surface area contributed by atoms with Gasteiger partial charge in [-0.15, -0.1) is 0 Å². The van der Waals surface area contributed by atoms with Crippen molar-refractivity contribution in [3.8, 4) is 0 Å². The smallest absolute Gasteiger partial charge is 0.272 e. The lowest BCUT2D eigenvalue weighted by Gasteiger charge is -2.38. The number of likely N-dealkylation sites (tertiary alicyclic amines) is 1. The van der Waals surface area contributed by atoms with E-state index in [-0.39, 0.29) is 5.91 Å². The topological polar surface area (TPSA) is 67.8 Å². The average molecular weight is 360 g/mol. The number of aryl methyl sites for hydroxylation is 1. The summed E-state index contributed by atoms with van der Waals surface area (Å²) in [5.41, 5.74) is 0.510. The number of aromatic nitrogens is 2. The van der Waals surface area contributed by atoms with Gasteiger partial charge < -0.3 is 19.3 Å². The van der Waals surface area contributed by atoms with Crippen LogP contribution in [0, 0.1) is 12.8 Å². The number of anilines is 1. The first-order valence-electron chi connectivity index (χ1n) is 9.72. The Hall–Kier alpha value is -1.73. The van der Waals surface area contributed by atoms with Crippen molar-refractivity contribution in [2.75, 3.05) is 44.3 Å². The molecule has 0 bridgehead atoms. The van der Waals surface area contributed by atoms with Crippen LogP contribution in [-0.2, 0) is 9.47 Å². The van der Waals surface area contributed by atoms with Crippen LogP contribution in [0.4, 0.5) is 5.82 Å². The van der Waals surface area contributed by atoms with Crippen molar-refractivity contribution in [3.05, 3.63) is 17.6 Å². The molecule has 4 rings (SSSR count). The maximum Gasteiger partial charge on any atom is 0.272 e. The molecule has 1 spiro atoms. The van der Waals surface area contributed by atoms with Crippen LogP contribution in [0.5, 0.6) is 0 Å². The molecular weight excluding hydrogens is 332 g/mol. The Balaban J connectivity index is 1.47. The van der Waals surface area contributed by atoms with Gasteiger partial charge in [0.05, 0.1) is 13.2 Å². The molecule has 3 aliphatic heterocycles. The molecule has 7 nitrogen and oxygen atoms in total. The number of amides is 1. The molecule has 0 aliphatic carbocycles. The number of rotatable bonds is 2. The van der Waals surface area contributed by atoms with Crippen LogP contribution >= 0.6 is 0 Å². The van der Waals surface area contributed by atoms with E-state index in [9.17, 15) is 4.79 Å². The first kappa shape index (κ1) is 17.7. The molecule has 0 N–H and O–H groups in total. The van der Waals surface area contributed by atoms with Crippen LogP contribution in [0.15, 0.2) is 6.07 Å². The molecule has 3 fully saturated rings. The maximum absolute atomic E-state index is 12.9. The molecule has 0 aromatic carbocycles. The van der Waals surface area contributed by atoms with Crippen molar-refractivity contribution >= 4 is 11.7 Å². The second-order valence-electron chi connectivity index (χ2n) is 7.73. The zero-order chi connectivity index (χ0) is 18.1. The summed E-state index contributed by atoms with van der Waals surface area (Å²) < 4.78 is 11.6. The van der Waals surface area contributed by atoms with Gasteiger partial charge in [-0.25, -0.2) is 9.97 Å². The molecule has 3 saturated heterocycles. The second kappa shape index (κ2) is 7.12. The monoisotopic (exact) mass is 360 g/mol. The standard InChI is InChI=1S/C19H28N4O3/c1-14-3-7-23(8-4-14)18(24)16-13-17(21-15(2)20-16)22-9-5-19(6-10-22)25-11-12-26-19/h13-14H,3-12H2,1-2H3. The fourth-order valence-electron chi connectivity index (χ4n) is 4.06. The number of carbonyl (C=O) groups excluding carboxylic acids is 1. The van der Waals surface area contributed by atoms with E-state index in [1.54, 1.807) is 0 Å². The van der Waals surface area contributed by atoms with E-state index >= 15 is 0 Å². The van der Waals surface area contributed by atoms with Crippen molar-refractivity contribution in [2.24, 2.45) is 5.92 Å². The zero-order valence-corrected chi connectivity index (χ0v) is 15.7. The van der Waals surface area contributed by atoms with Gasteiger partial charge in [0.25, 0.3) is 5.91 Å². The summed E-state index contributed by atoms with van der Waals surface area (Å²) >= 11 is 0. The number of hydrogen-bond acceptors (Lipinski definition) is 6. The summed E-state index contributed by atoms with van der Waals surface area (Å²) in [5.74, 6) is 1.80. The van der Waals surface area contributed by atoms with Crippen molar-refractivity contribution in [2.45, 2.75) is 45.3 Å². The number of piperidine rings is 2. The van der Waals surface area contributed by atoms with Crippen molar-refractivity contribution in [3.63, 3.8) is 0 Å². The molecule has 0 saturated carbocycles. The van der Waals surface area contributed by atoms with E-state index in [1.165, 1.54) is 0 Å². The van der Waals surface area contributed by atoms with E-state index in [1.807, 2.05) is 17.9 Å². The van der Waals surface area contributed by atoms with Gasteiger partial charge in [0.2, 0.25) is 0 Å². The van der Waals surface area contributed by atoms with Gasteiger partial charge >= 0.3 is 0 Å². The minimum absolute atomic E-state index is 0.0274. The van der Waals surface area contributed by atoms with Gasteiger partial charge in [-0.05, 0) is 25.7 Å². The first-order valence-corrected chi connectivity index (χ1v) is 9.72. The Morgan fingerprint density at radius 2 is 1.77 bits per heavy atom. The van der Waals surface area contributed by atoms with E-state index in [0.29, 0.717) is 30.7 Å². The lowest BCUT2D eigenvalue weighted by Crippen LogP contribution is -2.45. The largest absolute Gasteiger partial charge is 0.356 e. The van der Waals surface area contributed by atoms with Gasteiger partial charge in [-0.1, -0.05) is 6.92 Å². The molecule has 0 unspecified atom stereocenters. The van der Waals surface area contributed by atoms with Crippen LogP contribution < -0.4 is 4.90 Å². The Bertz CT molecular complexity index is 657. The average Bonchev–Trinajstić information content (AvgIpc) is 3.10. The summed E-state index contributed by atoms with van der Waals surface area (Å²) in [7, 11) is 0. The van der Waals surface area contributed by atoms with E-state index in [4.69, 9.17) is 9.47 Å². The Morgan fingerprint density at radius 1 is 1.12 bits per heavy atom. The summed E-state index contributed by atoms with van der Waals surface area (Å²) in [6.45, 7) is 8.72. The Labute approximate surface area is 154 Å². The molecular formula is C19H28N4O3. The fraction of sp³-hybridized carbons (Fsp3) is 0.737. The molecule has 1 aromatic heterocycles. The molecule has 0 radical (unpaired) electrons. The Kier molecular flexibility index (Phi) is 4.84. The van der Waals surface area contributed by atoms with Crippen molar-refractivity contribution in [1.82, 2.24) is 14.9 Å².